The number of aromatic nitrogens is 3. The third-order valence-electron chi connectivity index (χ3n) is 5.75. The molecule has 5 heteroatoms. The van der Waals surface area contributed by atoms with Crippen LogP contribution in [0.4, 0.5) is 0 Å². The van der Waals surface area contributed by atoms with E-state index in [0.29, 0.717) is 23.4 Å². The van der Waals surface area contributed by atoms with Gasteiger partial charge in [-0.05, 0) is 23.6 Å². The monoisotopic (exact) mass is 421 g/mol. The number of benzene rings is 3. The molecule has 0 spiro atoms. The normalized spacial score (nSPS) is 11.5. The summed E-state index contributed by atoms with van der Waals surface area (Å²) in [6, 6.07) is 32.7. The van der Waals surface area contributed by atoms with Crippen LogP contribution in [0.5, 0.6) is 5.75 Å². The minimum Gasteiger partial charge on any atom is -0.618 e. The Labute approximate surface area is 186 Å². The first kappa shape index (κ1) is 19.8. The molecule has 158 valence electrons. The zero-order valence-corrected chi connectivity index (χ0v) is 17.8. The summed E-state index contributed by atoms with van der Waals surface area (Å²) in [7, 11) is 0. The van der Waals surface area contributed by atoms with Crippen LogP contribution in [0.2, 0.25) is 0 Å². The molecule has 0 fully saturated rings. The van der Waals surface area contributed by atoms with Crippen molar-refractivity contribution in [2.24, 2.45) is 0 Å². The molecular formula is C27H23N3O2. The van der Waals surface area contributed by atoms with Gasteiger partial charge in [-0.25, -0.2) is 4.68 Å². The van der Waals surface area contributed by atoms with Crippen LogP contribution in [0.25, 0.3) is 11.0 Å². The first-order chi connectivity index (χ1) is 15.7. The summed E-state index contributed by atoms with van der Waals surface area (Å²) in [6.07, 6.45) is 3.08. The molecule has 2 heterocycles. The van der Waals surface area contributed by atoms with Crippen molar-refractivity contribution in [3.63, 3.8) is 0 Å². The van der Waals surface area contributed by atoms with Gasteiger partial charge in [0.1, 0.15) is 17.3 Å². The van der Waals surface area contributed by atoms with Crippen LogP contribution in [0.3, 0.4) is 0 Å². The molecule has 0 amide bonds. The Morgan fingerprint density at radius 2 is 1.34 bits per heavy atom. The van der Waals surface area contributed by atoms with Crippen molar-refractivity contribution in [1.82, 2.24) is 9.78 Å². The van der Waals surface area contributed by atoms with Crippen molar-refractivity contribution in [1.29, 1.82) is 0 Å². The summed E-state index contributed by atoms with van der Waals surface area (Å²) < 4.78 is 8.46. The zero-order chi connectivity index (χ0) is 22.0. The van der Waals surface area contributed by atoms with Gasteiger partial charge in [0.15, 0.2) is 5.75 Å². The van der Waals surface area contributed by atoms with Crippen LogP contribution in [0, 0.1) is 5.21 Å². The van der Waals surface area contributed by atoms with Crippen molar-refractivity contribution in [2.45, 2.75) is 12.5 Å². The SMILES string of the molecule is CCOc1cc2c(cnn2C(c2ccccc2)(c2ccccc2)c2ccccc2)[n+]([O-])c1. The Hall–Kier alpha value is -4.12. The fourth-order valence-electron chi connectivity index (χ4n) is 4.43. The van der Waals surface area contributed by atoms with Crippen LogP contribution in [-0.2, 0) is 5.54 Å². The van der Waals surface area contributed by atoms with Crippen LogP contribution in [0.1, 0.15) is 23.6 Å². The predicted octanol–water partition coefficient (Wildman–Crippen LogP) is 4.91. The van der Waals surface area contributed by atoms with E-state index in [1.807, 2.05) is 72.3 Å². The fourth-order valence-corrected chi connectivity index (χ4v) is 4.43. The van der Waals surface area contributed by atoms with Gasteiger partial charge in [-0.15, -0.1) is 0 Å². The van der Waals surface area contributed by atoms with E-state index >= 15 is 0 Å². The van der Waals surface area contributed by atoms with Crippen LogP contribution >= 0.6 is 0 Å². The number of hydrogen-bond acceptors (Lipinski definition) is 3. The molecule has 0 unspecified atom stereocenters. The highest BCUT2D eigenvalue weighted by molar-refractivity contribution is 5.74. The highest BCUT2D eigenvalue weighted by Crippen LogP contribution is 2.42. The van der Waals surface area contributed by atoms with Gasteiger partial charge in [-0.1, -0.05) is 91.0 Å². The van der Waals surface area contributed by atoms with E-state index in [2.05, 4.69) is 36.4 Å². The third-order valence-corrected chi connectivity index (χ3v) is 5.75. The quantitative estimate of drug-likeness (QED) is 0.222. The van der Waals surface area contributed by atoms with Gasteiger partial charge in [0.25, 0.3) is 5.52 Å². The molecule has 0 saturated carbocycles. The van der Waals surface area contributed by atoms with E-state index in [1.165, 1.54) is 6.20 Å². The molecule has 0 radical (unpaired) electrons. The third kappa shape index (κ3) is 3.10. The Bertz CT molecular complexity index is 1240. The molecule has 0 aliphatic rings. The smallest absolute Gasteiger partial charge is 0.262 e. The van der Waals surface area contributed by atoms with E-state index in [-0.39, 0.29) is 0 Å². The number of pyridine rings is 1. The van der Waals surface area contributed by atoms with Gasteiger partial charge >= 0.3 is 0 Å². The molecule has 5 rings (SSSR count). The summed E-state index contributed by atoms with van der Waals surface area (Å²) in [4.78, 5) is 0. The average molecular weight is 422 g/mol. The average Bonchev–Trinajstić information content (AvgIpc) is 3.27. The minimum atomic E-state index is -0.788. The highest BCUT2D eigenvalue weighted by atomic mass is 16.5. The predicted molar refractivity (Wildman–Crippen MR) is 124 cm³/mol. The van der Waals surface area contributed by atoms with Crippen molar-refractivity contribution >= 4 is 11.0 Å². The summed E-state index contributed by atoms with van der Waals surface area (Å²) in [5.41, 5.74) is 3.52. The van der Waals surface area contributed by atoms with Crippen molar-refractivity contribution < 1.29 is 9.47 Å². The van der Waals surface area contributed by atoms with Crippen LogP contribution in [0.15, 0.2) is 109 Å². The Morgan fingerprint density at radius 1 is 0.844 bits per heavy atom. The molecule has 0 saturated heterocycles. The first-order valence-corrected chi connectivity index (χ1v) is 10.7. The lowest BCUT2D eigenvalue weighted by Crippen LogP contribution is -2.39. The number of hydrogen-bond donors (Lipinski definition) is 0. The molecule has 3 aromatic carbocycles. The summed E-state index contributed by atoms with van der Waals surface area (Å²) >= 11 is 0. The summed E-state index contributed by atoms with van der Waals surface area (Å²) in [5.74, 6) is 0.514. The van der Waals surface area contributed by atoms with Crippen molar-refractivity contribution in [2.75, 3.05) is 6.61 Å². The lowest BCUT2D eigenvalue weighted by molar-refractivity contribution is -0.577. The maximum absolute atomic E-state index is 12.8. The molecule has 2 aromatic heterocycles. The topological polar surface area (TPSA) is 54.0 Å². The van der Waals surface area contributed by atoms with Crippen molar-refractivity contribution in [3.05, 3.63) is 131 Å². The van der Waals surface area contributed by atoms with E-state index in [4.69, 9.17) is 9.84 Å². The lowest BCUT2D eigenvalue weighted by atomic mass is 9.77. The largest absolute Gasteiger partial charge is 0.618 e. The zero-order valence-electron chi connectivity index (χ0n) is 17.8. The van der Waals surface area contributed by atoms with Gasteiger partial charge in [0, 0.05) is 6.07 Å². The number of fused-ring (bicyclic) bond motifs is 1. The first-order valence-electron chi connectivity index (χ1n) is 10.7. The Kier molecular flexibility index (Phi) is 5.07. The molecular weight excluding hydrogens is 398 g/mol. The standard InChI is InChI=1S/C27H23N3O2/c1-2-32-24-18-25-26(29(31)20-24)19-28-30(25)27(21-12-6-3-7-13-21,22-14-8-4-9-15-22)23-16-10-5-11-17-23/h3-20H,2H2,1H3. The molecule has 0 aliphatic carbocycles. The minimum absolute atomic E-state index is 0.473. The highest BCUT2D eigenvalue weighted by Gasteiger charge is 2.41. The molecule has 0 atom stereocenters. The summed E-state index contributed by atoms with van der Waals surface area (Å²) in [5, 5.41) is 17.6. The van der Waals surface area contributed by atoms with E-state index in [1.54, 1.807) is 6.20 Å². The number of ether oxygens (including phenoxy) is 1. The second-order valence-electron chi connectivity index (χ2n) is 7.57. The molecule has 0 bridgehead atoms. The Balaban J connectivity index is 1.94. The van der Waals surface area contributed by atoms with Gasteiger partial charge < -0.3 is 9.94 Å². The molecule has 0 N–H and O–H groups in total. The summed E-state index contributed by atoms with van der Waals surface area (Å²) in [6.45, 7) is 2.37. The molecule has 5 nitrogen and oxygen atoms in total. The maximum Gasteiger partial charge on any atom is 0.262 e. The van der Waals surface area contributed by atoms with E-state index < -0.39 is 5.54 Å². The van der Waals surface area contributed by atoms with Crippen molar-refractivity contribution in [3.8, 4) is 5.75 Å². The second-order valence-corrected chi connectivity index (χ2v) is 7.57. The Morgan fingerprint density at radius 3 is 1.81 bits per heavy atom. The second kappa shape index (κ2) is 8.19. The van der Waals surface area contributed by atoms with Gasteiger partial charge in [-0.2, -0.15) is 9.83 Å². The lowest BCUT2D eigenvalue weighted by Gasteiger charge is -2.36. The number of nitrogens with zero attached hydrogens (tertiary/aromatic N) is 3. The maximum atomic E-state index is 12.8. The molecule has 32 heavy (non-hydrogen) atoms. The van der Waals surface area contributed by atoms with Crippen LogP contribution < -0.4 is 9.47 Å². The van der Waals surface area contributed by atoms with Crippen LogP contribution in [-0.4, -0.2) is 16.4 Å². The van der Waals surface area contributed by atoms with E-state index in [9.17, 15) is 5.21 Å². The molecule has 5 aromatic rings. The molecule has 0 aliphatic heterocycles. The van der Waals surface area contributed by atoms with Gasteiger partial charge in [-0.3, -0.25) is 0 Å². The number of rotatable bonds is 6. The van der Waals surface area contributed by atoms with E-state index in [0.717, 1.165) is 21.4 Å². The van der Waals surface area contributed by atoms with Gasteiger partial charge in [0.2, 0.25) is 6.20 Å². The van der Waals surface area contributed by atoms with Gasteiger partial charge in [0.05, 0.1) is 6.61 Å². The fraction of sp³-hybridized carbons (Fsp3) is 0.111.